The number of hydrogen-bond donors (Lipinski definition) is 1. The van der Waals surface area contributed by atoms with Gasteiger partial charge in [0.05, 0.1) is 16.7 Å². The SMILES string of the molecule is CCCc1nc2ccccc2n1CC(=O)Nc1ccccc1F. The molecule has 5 heteroatoms. The van der Waals surface area contributed by atoms with Gasteiger partial charge in [0, 0.05) is 6.42 Å². The molecule has 0 spiro atoms. The molecule has 1 N–H and O–H groups in total. The first-order valence-electron chi connectivity index (χ1n) is 7.67. The standard InChI is InChI=1S/C18H18FN3O/c1-2-7-17-20-15-10-5-6-11-16(15)22(17)12-18(23)21-14-9-4-3-8-13(14)19/h3-6,8-11H,2,7,12H2,1H3,(H,21,23). The Morgan fingerprint density at radius 2 is 1.91 bits per heavy atom. The minimum Gasteiger partial charge on any atom is -0.322 e. The summed E-state index contributed by atoms with van der Waals surface area (Å²) in [5.41, 5.74) is 1.98. The molecule has 3 aromatic rings. The van der Waals surface area contributed by atoms with Crippen LogP contribution >= 0.6 is 0 Å². The zero-order chi connectivity index (χ0) is 16.2. The molecule has 1 aromatic heterocycles. The first kappa shape index (κ1) is 15.2. The number of anilines is 1. The largest absolute Gasteiger partial charge is 0.322 e. The number of amides is 1. The van der Waals surface area contributed by atoms with Gasteiger partial charge in [0.2, 0.25) is 5.91 Å². The number of para-hydroxylation sites is 3. The summed E-state index contributed by atoms with van der Waals surface area (Å²) >= 11 is 0. The molecule has 0 aliphatic carbocycles. The van der Waals surface area contributed by atoms with E-state index in [-0.39, 0.29) is 18.1 Å². The van der Waals surface area contributed by atoms with E-state index in [1.54, 1.807) is 18.2 Å². The van der Waals surface area contributed by atoms with Crippen LogP contribution in [-0.2, 0) is 17.8 Å². The molecule has 0 saturated carbocycles. The lowest BCUT2D eigenvalue weighted by molar-refractivity contribution is -0.116. The average Bonchev–Trinajstić information content (AvgIpc) is 2.88. The number of rotatable bonds is 5. The molecule has 1 heterocycles. The Hall–Kier alpha value is -2.69. The summed E-state index contributed by atoms with van der Waals surface area (Å²) in [5, 5.41) is 2.62. The maximum absolute atomic E-state index is 13.6. The lowest BCUT2D eigenvalue weighted by Gasteiger charge is -2.10. The van der Waals surface area contributed by atoms with Crippen LogP contribution in [-0.4, -0.2) is 15.5 Å². The van der Waals surface area contributed by atoms with Crippen molar-refractivity contribution in [1.29, 1.82) is 0 Å². The first-order chi connectivity index (χ1) is 11.2. The van der Waals surface area contributed by atoms with Gasteiger partial charge in [0.25, 0.3) is 0 Å². The molecule has 0 saturated heterocycles. The van der Waals surface area contributed by atoms with Crippen LogP contribution in [0.15, 0.2) is 48.5 Å². The van der Waals surface area contributed by atoms with Crippen molar-refractivity contribution in [2.24, 2.45) is 0 Å². The van der Waals surface area contributed by atoms with Gasteiger partial charge in [-0.25, -0.2) is 9.37 Å². The molecule has 1 amide bonds. The highest BCUT2D eigenvalue weighted by atomic mass is 19.1. The van der Waals surface area contributed by atoms with Gasteiger partial charge in [-0.3, -0.25) is 4.79 Å². The van der Waals surface area contributed by atoms with E-state index in [0.717, 1.165) is 29.7 Å². The fourth-order valence-corrected chi connectivity index (χ4v) is 2.61. The number of imidazole rings is 1. The second kappa shape index (κ2) is 6.60. The molecule has 0 bridgehead atoms. The van der Waals surface area contributed by atoms with Crippen molar-refractivity contribution < 1.29 is 9.18 Å². The van der Waals surface area contributed by atoms with Crippen molar-refractivity contribution in [3.05, 3.63) is 60.2 Å². The van der Waals surface area contributed by atoms with Crippen LogP contribution in [0.1, 0.15) is 19.2 Å². The van der Waals surface area contributed by atoms with Crippen molar-refractivity contribution >= 4 is 22.6 Å². The predicted octanol–water partition coefficient (Wildman–Crippen LogP) is 3.77. The molecule has 23 heavy (non-hydrogen) atoms. The van der Waals surface area contributed by atoms with Crippen LogP contribution in [0.3, 0.4) is 0 Å². The van der Waals surface area contributed by atoms with Crippen molar-refractivity contribution in [1.82, 2.24) is 9.55 Å². The Balaban J connectivity index is 1.87. The van der Waals surface area contributed by atoms with Crippen LogP contribution in [0, 0.1) is 5.82 Å². The summed E-state index contributed by atoms with van der Waals surface area (Å²) in [5.74, 6) is 0.165. The minimum atomic E-state index is -0.440. The summed E-state index contributed by atoms with van der Waals surface area (Å²) < 4.78 is 15.5. The van der Waals surface area contributed by atoms with E-state index in [9.17, 15) is 9.18 Å². The summed E-state index contributed by atoms with van der Waals surface area (Å²) in [6.45, 7) is 2.19. The summed E-state index contributed by atoms with van der Waals surface area (Å²) in [6, 6.07) is 13.9. The van der Waals surface area contributed by atoms with Crippen LogP contribution in [0.2, 0.25) is 0 Å². The third kappa shape index (κ3) is 3.23. The van der Waals surface area contributed by atoms with Crippen molar-refractivity contribution in [3.8, 4) is 0 Å². The number of aromatic nitrogens is 2. The van der Waals surface area contributed by atoms with Crippen molar-refractivity contribution in [3.63, 3.8) is 0 Å². The normalized spacial score (nSPS) is 10.9. The molecule has 0 unspecified atom stereocenters. The predicted molar refractivity (Wildman–Crippen MR) is 88.8 cm³/mol. The highest BCUT2D eigenvalue weighted by molar-refractivity contribution is 5.91. The van der Waals surface area contributed by atoms with Gasteiger partial charge in [-0.1, -0.05) is 31.2 Å². The molecule has 0 aliphatic heterocycles. The summed E-state index contributed by atoms with van der Waals surface area (Å²) in [6.07, 6.45) is 1.74. The molecular formula is C18H18FN3O. The number of benzene rings is 2. The zero-order valence-electron chi connectivity index (χ0n) is 12.9. The maximum Gasteiger partial charge on any atom is 0.244 e. The van der Waals surface area contributed by atoms with E-state index in [2.05, 4.69) is 17.2 Å². The molecule has 3 rings (SSSR count). The third-order valence-corrected chi connectivity index (χ3v) is 3.66. The molecule has 118 valence electrons. The third-order valence-electron chi connectivity index (χ3n) is 3.66. The lowest BCUT2D eigenvalue weighted by Crippen LogP contribution is -2.20. The highest BCUT2D eigenvalue weighted by Crippen LogP contribution is 2.18. The molecule has 0 radical (unpaired) electrons. The van der Waals surface area contributed by atoms with E-state index in [1.165, 1.54) is 6.07 Å². The molecule has 4 nitrogen and oxygen atoms in total. The molecule has 0 aliphatic rings. The Labute approximate surface area is 134 Å². The second-order valence-electron chi connectivity index (χ2n) is 5.38. The Morgan fingerprint density at radius 3 is 2.70 bits per heavy atom. The number of halogens is 1. The maximum atomic E-state index is 13.6. The smallest absolute Gasteiger partial charge is 0.244 e. The van der Waals surface area contributed by atoms with E-state index >= 15 is 0 Å². The van der Waals surface area contributed by atoms with Crippen LogP contribution in [0.5, 0.6) is 0 Å². The van der Waals surface area contributed by atoms with Crippen molar-refractivity contribution in [2.75, 3.05) is 5.32 Å². The number of fused-ring (bicyclic) bond motifs is 1. The van der Waals surface area contributed by atoms with Gasteiger partial charge in [0.15, 0.2) is 0 Å². The Morgan fingerprint density at radius 1 is 1.17 bits per heavy atom. The van der Waals surface area contributed by atoms with Gasteiger partial charge >= 0.3 is 0 Å². The minimum absolute atomic E-state index is 0.115. The van der Waals surface area contributed by atoms with Crippen molar-refractivity contribution in [2.45, 2.75) is 26.3 Å². The molecule has 0 atom stereocenters. The number of hydrogen-bond acceptors (Lipinski definition) is 2. The Kier molecular flexibility index (Phi) is 4.37. The quantitative estimate of drug-likeness (QED) is 0.779. The van der Waals surface area contributed by atoms with Gasteiger partial charge < -0.3 is 9.88 Å². The van der Waals surface area contributed by atoms with Crippen LogP contribution < -0.4 is 5.32 Å². The topological polar surface area (TPSA) is 46.9 Å². The zero-order valence-corrected chi connectivity index (χ0v) is 12.9. The molecule has 2 aromatic carbocycles. The van der Waals surface area contributed by atoms with Gasteiger partial charge in [0.1, 0.15) is 18.2 Å². The summed E-state index contributed by atoms with van der Waals surface area (Å²) in [4.78, 5) is 16.9. The Bertz CT molecular complexity index is 841. The van der Waals surface area contributed by atoms with E-state index in [1.807, 2.05) is 28.8 Å². The van der Waals surface area contributed by atoms with Crippen LogP contribution in [0.4, 0.5) is 10.1 Å². The molecular weight excluding hydrogens is 293 g/mol. The number of carbonyl (C=O) groups is 1. The monoisotopic (exact) mass is 311 g/mol. The first-order valence-corrected chi connectivity index (χ1v) is 7.67. The van der Waals surface area contributed by atoms with E-state index in [4.69, 9.17) is 0 Å². The lowest BCUT2D eigenvalue weighted by atomic mass is 10.3. The number of nitrogens with one attached hydrogen (secondary N) is 1. The average molecular weight is 311 g/mol. The van der Waals surface area contributed by atoms with Gasteiger partial charge in [-0.15, -0.1) is 0 Å². The second-order valence-corrected chi connectivity index (χ2v) is 5.38. The summed E-state index contributed by atoms with van der Waals surface area (Å²) in [7, 11) is 0. The molecule has 0 fully saturated rings. The van der Waals surface area contributed by atoms with Gasteiger partial charge in [-0.2, -0.15) is 0 Å². The highest BCUT2D eigenvalue weighted by Gasteiger charge is 2.14. The fraction of sp³-hybridized carbons (Fsp3) is 0.222. The fourth-order valence-electron chi connectivity index (χ4n) is 2.61. The number of aryl methyl sites for hydroxylation is 1. The van der Waals surface area contributed by atoms with E-state index in [0.29, 0.717) is 0 Å². The number of carbonyl (C=O) groups excluding carboxylic acids is 1. The van der Waals surface area contributed by atoms with E-state index < -0.39 is 5.82 Å². The van der Waals surface area contributed by atoms with Gasteiger partial charge in [-0.05, 0) is 30.7 Å². The number of nitrogens with zero attached hydrogens (tertiary/aromatic N) is 2. The van der Waals surface area contributed by atoms with Crippen LogP contribution in [0.25, 0.3) is 11.0 Å².